The highest BCUT2D eigenvalue weighted by Gasteiger charge is 2.09. The molecule has 0 amide bonds. The first-order chi connectivity index (χ1) is 8.63. The Morgan fingerprint density at radius 2 is 1.94 bits per heavy atom. The fourth-order valence-electron chi connectivity index (χ4n) is 2.26. The van der Waals surface area contributed by atoms with E-state index < -0.39 is 0 Å². The fraction of sp³-hybridized carbons (Fsp3) is 0.625. The van der Waals surface area contributed by atoms with E-state index in [-0.39, 0.29) is 11.9 Å². The van der Waals surface area contributed by atoms with Crippen molar-refractivity contribution in [3.8, 4) is 0 Å². The van der Waals surface area contributed by atoms with E-state index in [2.05, 4.69) is 26.1 Å². The monoisotopic (exact) mass is 251 g/mol. The molecule has 0 spiro atoms. The molecule has 0 aliphatic heterocycles. The second-order valence-electron chi connectivity index (χ2n) is 5.19. The smallest absolute Gasteiger partial charge is 0.123 e. The summed E-state index contributed by atoms with van der Waals surface area (Å²) < 4.78 is 13.1. The number of benzene rings is 1. The van der Waals surface area contributed by atoms with E-state index in [9.17, 15) is 4.39 Å². The second kappa shape index (κ2) is 8.25. The minimum absolute atomic E-state index is 0.156. The lowest BCUT2D eigenvalue weighted by Crippen LogP contribution is -2.28. The van der Waals surface area contributed by atoms with Crippen LogP contribution >= 0.6 is 0 Å². The summed E-state index contributed by atoms with van der Waals surface area (Å²) in [4.78, 5) is 0. The Hall–Kier alpha value is -0.890. The van der Waals surface area contributed by atoms with Gasteiger partial charge in [-0.3, -0.25) is 0 Å². The lowest BCUT2D eigenvalue weighted by Gasteiger charge is -2.20. The number of halogens is 1. The van der Waals surface area contributed by atoms with Crippen molar-refractivity contribution in [1.29, 1.82) is 0 Å². The summed E-state index contributed by atoms with van der Waals surface area (Å²) in [7, 11) is 0. The molecule has 0 heterocycles. The van der Waals surface area contributed by atoms with Gasteiger partial charge < -0.3 is 5.32 Å². The molecule has 0 bridgehead atoms. The standard InChI is InChI=1S/C16H26FN/c1-4-5-6-7-9-13(2)18-14(3)15-10-8-11-16(17)12-15/h8,10-14,18H,4-7,9H2,1-3H3/t13?,14-/m1/s1. The molecule has 0 radical (unpaired) electrons. The molecule has 2 atom stereocenters. The first-order valence-corrected chi connectivity index (χ1v) is 7.15. The van der Waals surface area contributed by atoms with Crippen molar-refractivity contribution in [2.45, 2.75) is 65.0 Å². The highest BCUT2D eigenvalue weighted by molar-refractivity contribution is 5.19. The molecular weight excluding hydrogens is 225 g/mol. The van der Waals surface area contributed by atoms with E-state index in [1.54, 1.807) is 12.1 Å². The zero-order valence-corrected chi connectivity index (χ0v) is 11.9. The van der Waals surface area contributed by atoms with Crippen LogP contribution in [0.25, 0.3) is 0 Å². The summed E-state index contributed by atoms with van der Waals surface area (Å²) in [5, 5.41) is 3.53. The van der Waals surface area contributed by atoms with Crippen LogP contribution in [0.15, 0.2) is 24.3 Å². The molecule has 1 aromatic rings. The Kier molecular flexibility index (Phi) is 6.96. The Morgan fingerprint density at radius 3 is 2.61 bits per heavy atom. The van der Waals surface area contributed by atoms with Crippen LogP contribution in [-0.2, 0) is 0 Å². The number of hydrogen-bond donors (Lipinski definition) is 1. The fourth-order valence-corrected chi connectivity index (χ4v) is 2.26. The average molecular weight is 251 g/mol. The minimum atomic E-state index is -0.156. The highest BCUT2D eigenvalue weighted by atomic mass is 19.1. The number of unbranched alkanes of at least 4 members (excludes halogenated alkanes) is 3. The lowest BCUT2D eigenvalue weighted by molar-refractivity contribution is 0.436. The van der Waals surface area contributed by atoms with Gasteiger partial charge in [-0.15, -0.1) is 0 Å². The largest absolute Gasteiger partial charge is 0.308 e. The van der Waals surface area contributed by atoms with Crippen LogP contribution in [0, 0.1) is 5.82 Å². The van der Waals surface area contributed by atoms with Crippen LogP contribution in [0.5, 0.6) is 0 Å². The third kappa shape index (κ3) is 5.63. The van der Waals surface area contributed by atoms with Gasteiger partial charge in [0.1, 0.15) is 5.82 Å². The van der Waals surface area contributed by atoms with Gasteiger partial charge in [0.25, 0.3) is 0 Å². The van der Waals surface area contributed by atoms with E-state index in [1.807, 2.05) is 6.07 Å². The molecule has 0 aromatic heterocycles. The van der Waals surface area contributed by atoms with Gasteiger partial charge in [0.05, 0.1) is 0 Å². The minimum Gasteiger partial charge on any atom is -0.308 e. The topological polar surface area (TPSA) is 12.0 Å². The van der Waals surface area contributed by atoms with Gasteiger partial charge in [-0.1, -0.05) is 44.7 Å². The van der Waals surface area contributed by atoms with Gasteiger partial charge in [-0.05, 0) is 38.0 Å². The van der Waals surface area contributed by atoms with Crippen molar-refractivity contribution in [3.05, 3.63) is 35.6 Å². The first kappa shape index (κ1) is 15.2. The Balaban J connectivity index is 2.32. The molecule has 0 saturated heterocycles. The van der Waals surface area contributed by atoms with Gasteiger partial charge in [-0.2, -0.15) is 0 Å². The zero-order chi connectivity index (χ0) is 13.4. The van der Waals surface area contributed by atoms with Crippen LogP contribution in [0.2, 0.25) is 0 Å². The van der Waals surface area contributed by atoms with Crippen LogP contribution in [-0.4, -0.2) is 6.04 Å². The maximum absolute atomic E-state index is 13.1. The number of nitrogens with one attached hydrogen (secondary N) is 1. The maximum Gasteiger partial charge on any atom is 0.123 e. The molecule has 1 aromatic carbocycles. The third-order valence-corrected chi connectivity index (χ3v) is 3.37. The summed E-state index contributed by atoms with van der Waals surface area (Å²) in [6.45, 7) is 6.53. The Morgan fingerprint density at radius 1 is 1.17 bits per heavy atom. The Bertz CT molecular complexity index is 338. The summed E-state index contributed by atoms with van der Waals surface area (Å²) in [5.41, 5.74) is 1.02. The quantitative estimate of drug-likeness (QED) is 0.652. The van der Waals surface area contributed by atoms with Crippen LogP contribution in [0.3, 0.4) is 0 Å². The molecule has 0 fully saturated rings. The SMILES string of the molecule is CCCCCCC(C)N[C@H](C)c1cccc(F)c1. The van der Waals surface area contributed by atoms with E-state index in [4.69, 9.17) is 0 Å². The average Bonchev–Trinajstić information content (AvgIpc) is 2.34. The molecule has 102 valence electrons. The third-order valence-electron chi connectivity index (χ3n) is 3.37. The lowest BCUT2D eigenvalue weighted by atomic mass is 10.0. The van der Waals surface area contributed by atoms with E-state index in [1.165, 1.54) is 38.2 Å². The van der Waals surface area contributed by atoms with Crippen molar-refractivity contribution in [3.63, 3.8) is 0 Å². The van der Waals surface area contributed by atoms with Gasteiger partial charge in [0, 0.05) is 12.1 Å². The van der Waals surface area contributed by atoms with Gasteiger partial charge in [0.2, 0.25) is 0 Å². The van der Waals surface area contributed by atoms with Crippen molar-refractivity contribution in [2.75, 3.05) is 0 Å². The normalized spacial score (nSPS) is 14.4. The highest BCUT2D eigenvalue weighted by Crippen LogP contribution is 2.15. The van der Waals surface area contributed by atoms with Gasteiger partial charge in [0.15, 0.2) is 0 Å². The second-order valence-corrected chi connectivity index (χ2v) is 5.19. The molecular formula is C16H26FN. The molecule has 1 rings (SSSR count). The van der Waals surface area contributed by atoms with Crippen molar-refractivity contribution in [2.24, 2.45) is 0 Å². The molecule has 0 aliphatic rings. The van der Waals surface area contributed by atoms with Crippen LogP contribution < -0.4 is 5.32 Å². The molecule has 0 aliphatic carbocycles. The van der Waals surface area contributed by atoms with Gasteiger partial charge >= 0.3 is 0 Å². The number of rotatable bonds is 8. The predicted molar refractivity (Wildman–Crippen MR) is 76.2 cm³/mol. The van der Waals surface area contributed by atoms with Crippen molar-refractivity contribution >= 4 is 0 Å². The van der Waals surface area contributed by atoms with Crippen molar-refractivity contribution in [1.82, 2.24) is 5.32 Å². The van der Waals surface area contributed by atoms with Crippen LogP contribution in [0.1, 0.15) is 64.5 Å². The molecule has 0 saturated carbocycles. The van der Waals surface area contributed by atoms with E-state index in [0.717, 1.165) is 5.56 Å². The number of hydrogen-bond acceptors (Lipinski definition) is 1. The Labute approximate surface area is 111 Å². The van der Waals surface area contributed by atoms with Gasteiger partial charge in [-0.25, -0.2) is 4.39 Å². The predicted octanol–water partition coefficient (Wildman–Crippen LogP) is 4.84. The summed E-state index contributed by atoms with van der Waals surface area (Å²) in [5.74, 6) is -0.156. The van der Waals surface area contributed by atoms with Crippen LogP contribution in [0.4, 0.5) is 4.39 Å². The summed E-state index contributed by atoms with van der Waals surface area (Å²) in [6, 6.07) is 7.55. The van der Waals surface area contributed by atoms with E-state index >= 15 is 0 Å². The van der Waals surface area contributed by atoms with E-state index in [0.29, 0.717) is 6.04 Å². The molecule has 1 nitrogen and oxygen atoms in total. The maximum atomic E-state index is 13.1. The first-order valence-electron chi connectivity index (χ1n) is 7.15. The molecule has 1 unspecified atom stereocenters. The molecule has 2 heteroatoms. The molecule has 1 N–H and O–H groups in total. The molecule has 18 heavy (non-hydrogen) atoms. The summed E-state index contributed by atoms with van der Waals surface area (Å²) in [6.07, 6.45) is 6.39. The van der Waals surface area contributed by atoms with Crippen molar-refractivity contribution < 1.29 is 4.39 Å². The summed E-state index contributed by atoms with van der Waals surface area (Å²) >= 11 is 0. The zero-order valence-electron chi connectivity index (χ0n) is 11.9.